The molecule has 2 nitrogen and oxygen atoms in total. The summed E-state index contributed by atoms with van der Waals surface area (Å²) in [5.74, 6) is 4.24. The smallest absolute Gasteiger partial charge is 0.122 e. The first-order valence-electron chi connectivity index (χ1n) is 12.8. The van der Waals surface area contributed by atoms with Gasteiger partial charge in [0.25, 0.3) is 0 Å². The number of oxime groups is 1. The Hall–Kier alpha value is -0.860. The van der Waals surface area contributed by atoms with Crippen molar-refractivity contribution in [3.05, 3.63) is 11.6 Å². The van der Waals surface area contributed by atoms with Crippen LogP contribution >= 0.6 is 0 Å². The summed E-state index contributed by atoms with van der Waals surface area (Å²) in [5.41, 5.74) is 1.96. The van der Waals surface area contributed by atoms with Crippen molar-refractivity contribution in [2.75, 3.05) is 0 Å². The van der Waals surface area contributed by atoms with Gasteiger partial charge in [-0.1, -0.05) is 59.0 Å². The first-order chi connectivity index (χ1) is 14.2. The van der Waals surface area contributed by atoms with Crippen LogP contribution in [0.1, 0.15) is 98.8 Å². The zero-order valence-corrected chi connectivity index (χ0v) is 20.0. The summed E-state index contributed by atoms with van der Waals surface area (Å²) in [5, 5.41) is 12.6. The predicted molar refractivity (Wildman–Crippen MR) is 123 cm³/mol. The first kappa shape index (κ1) is 22.3. The van der Waals surface area contributed by atoms with E-state index in [0.29, 0.717) is 35.3 Å². The molecule has 0 aliphatic heterocycles. The highest BCUT2D eigenvalue weighted by Gasteiger charge is 2.61. The highest BCUT2D eigenvalue weighted by atomic mass is 19.1. The molecular weight excluding hydrogens is 373 g/mol. The van der Waals surface area contributed by atoms with Gasteiger partial charge in [0.15, 0.2) is 0 Å². The van der Waals surface area contributed by atoms with Crippen molar-refractivity contribution in [3.63, 3.8) is 0 Å². The fraction of sp³-hybridized carbons (Fsp3) is 0.889. The molecule has 30 heavy (non-hydrogen) atoms. The van der Waals surface area contributed by atoms with E-state index in [9.17, 15) is 5.21 Å². The van der Waals surface area contributed by atoms with Gasteiger partial charge < -0.3 is 5.21 Å². The summed E-state index contributed by atoms with van der Waals surface area (Å²) in [7, 11) is 0. The number of hydrogen-bond donors (Lipinski definition) is 1. The Labute approximate surface area is 183 Å². The summed E-state index contributed by atoms with van der Waals surface area (Å²) in [6.45, 7) is 12.1. The van der Waals surface area contributed by atoms with Crippen molar-refractivity contribution in [1.29, 1.82) is 0 Å². The Morgan fingerprint density at radius 1 is 1.10 bits per heavy atom. The van der Waals surface area contributed by atoms with Crippen LogP contribution in [0.3, 0.4) is 0 Å². The molecule has 0 aromatic heterocycles. The maximum atomic E-state index is 15.5. The topological polar surface area (TPSA) is 32.6 Å². The normalized spacial score (nSPS) is 45.6. The van der Waals surface area contributed by atoms with Crippen LogP contribution in [-0.4, -0.2) is 17.1 Å². The second-order valence-corrected chi connectivity index (χ2v) is 12.2. The molecule has 4 aliphatic rings. The molecule has 4 aliphatic carbocycles. The number of nitrogens with zero attached hydrogens (tertiary/aromatic N) is 1. The molecule has 0 aromatic carbocycles. The zero-order valence-electron chi connectivity index (χ0n) is 20.0. The highest BCUT2D eigenvalue weighted by Crippen LogP contribution is 2.68. The van der Waals surface area contributed by atoms with Crippen LogP contribution in [0.15, 0.2) is 16.8 Å². The van der Waals surface area contributed by atoms with E-state index < -0.39 is 6.17 Å². The molecule has 1 N–H and O–H groups in total. The molecule has 0 bridgehead atoms. The van der Waals surface area contributed by atoms with Gasteiger partial charge in [-0.15, -0.1) is 0 Å². The molecule has 3 fully saturated rings. The molecule has 3 heteroatoms. The minimum Gasteiger partial charge on any atom is -0.411 e. The van der Waals surface area contributed by atoms with Gasteiger partial charge >= 0.3 is 0 Å². The van der Waals surface area contributed by atoms with E-state index in [1.54, 1.807) is 0 Å². The molecular formula is C27H44FNO. The SMILES string of the molecule is CC(C)CCC[C@@H](C)[C@H]1CC[C@H]2[C@@H]3CC(F)C4=CC(=NO)CC[C@]4(C)[C@H]3CC[C@]12C. The predicted octanol–water partition coefficient (Wildman–Crippen LogP) is 7.81. The van der Waals surface area contributed by atoms with Gasteiger partial charge in [0.1, 0.15) is 6.17 Å². The number of hydrogen-bond acceptors (Lipinski definition) is 2. The van der Waals surface area contributed by atoms with E-state index in [0.717, 1.165) is 36.2 Å². The van der Waals surface area contributed by atoms with E-state index in [1.807, 2.05) is 6.08 Å². The van der Waals surface area contributed by atoms with Gasteiger partial charge in [-0.25, -0.2) is 4.39 Å². The largest absolute Gasteiger partial charge is 0.411 e. The highest BCUT2D eigenvalue weighted by molar-refractivity contribution is 5.96. The lowest BCUT2D eigenvalue weighted by Crippen LogP contribution is -2.53. The summed E-state index contributed by atoms with van der Waals surface area (Å²) in [4.78, 5) is 0. The average Bonchev–Trinajstić information content (AvgIpc) is 3.05. The third-order valence-corrected chi connectivity index (χ3v) is 10.3. The quantitative estimate of drug-likeness (QED) is 0.359. The summed E-state index contributed by atoms with van der Waals surface area (Å²) in [6, 6.07) is 0. The molecule has 8 atom stereocenters. The van der Waals surface area contributed by atoms with Gasteiger partial charge in [-0.3, -0.25) is 0 Å². The Morgan fingerprint density at radius 2 is 1.87 bits per heavy atom. The maximum Gasteiger partial charge on any atom is 0.122 e. The van der Waals surface area contributed by atoms with Gasteiger partial charge in [0, 0.05) is 0 Å². The lowest BCUT2D eigenvalue weighted by Gasteiger charge is -2.59. The molecule has 0 saturated heterocycles. The van der Waals surface area contributed by atoms with Crippen molar-refractivity contribution in [2.24, 2.45) is 51.5 Å². The zero-order chi connectivity index (χ0) is 21.7. The van der Waals surface area contributed by atoms with Crippen molar-refractivity contribution >= 4 is 5.71 Å². The second-order valence-electron chi connectivity index (χ2n) is 12.2. The van der Waals surface area contributed by atoms with Gasteiger partial charge in [0.2, 0.25) is 0 Å². The molecule has 0 heterocycles. The van der Waals surface area contributed by atoms with Crippen LogP contribution in [0.5, 0.6) is 0 Å². The fourth-order valence-electron chi connectivity index (χ4n) is 8.67. The molecule has 0 aromatic rings. The van der Waals surface area contributed by atoms with Crippen LogP contribution in [0.25, 0.3) is 0 Å². The van der Waals surface area contributed by atoms with Crippen molar-refractivity contribution < 1.29 is 9.60 Å². The van der Waals surface area contributed by atoms with Crippen LogP contribution in [0.4, 0.5) is 4.39 Å². The molecule has 0 spiro atoms. The van der Waals surface area contributed by atoms with Crippen LogP contribution in [0, 0.1) is 46.3 Å². The van der Waals surface area contributed by atoms with E-state index in [1.165, 1.54) is 44.9 Å². The van der Waals surface area contributed by atoms with Crippen molar-refractivity contribution in [2.45, 2.75) is 105 Å². The number of alkyl halides is 1. The Kier molecular flexibility index (Phi) is 6.14. The summed E-state index contributed by atoms with van der Waals surface area (Å²) in [6.07, 6.45) is 12.7. The van der Waals surface area contributed by atoms with Gasteiger partial charge in [-0.05, 0) is 103 Å². The first-order valence-corrected chi connectivity index (χ1v) is 12.8. The lowest BCUT2D eigenvalue weighted by molar-refractivity contribution is -0.0712. The van der Waals surface area contributed by atoms with E-state index >= 15 is 4.39 Å². The van der Waals surface area contributed by atoms with Gasteiger partial charge in [0.05, 0.1) is 5.71 Å². The lowest BCUT2D eigenvalue weighted by atomic mass is 9.46. The van der Waals surface area contributed by atoms with E-state index in [4.69, 9.17) is 0 Å². The Morgan fingerprint density at radius 3 is 2.57 bits per heavy atom. The number of allylic oxidation sites excluding steroid dienone is 2. The number of rotatable bonds is 5. The minimum atomic E-state index is -0.863. The van der Waals surface area contributed by atoms with Crippen molar-refractivity contribution in [1.82, 2.24) is 0 Å². The van der Waals surface area contributed by atoms with Crippen LogP contribution < -0.4 is 0 Å². The Balaban J connectivity index is 1.53. The summed E-state index contributed by atoms with van der Waals surface area (Å²) >= 11 is 0. The third kappa shape index (κ3) is 3.56. The molecule has 4 rings (SSSR count). The third-order valence-electron chi connectivity index (χ3n) is 10.3. The maximum absolute atomic E-state index is 15.5. The molecule has 170 valence electrons. The minimum absolute atomic E-state index is 0.0428. The van der Waals surface area contributed by atoms with E-state index in [2.05, 4.69) is 39.8 Å². The number of fused-ring (bicyclic) bond motifs is 5. The van der Waals surface area contributed by atoms with Gasteiger partial charge in [-0.2, -0.15) is 0 Å². The molecule has 1 unspecified atom stereocenters. The van der Waals surface area contributed by atoms with Crippen molar-refractivity contribution in [3.8, 4) is 0 Å². The van der Waals surface area contributed by atoms with E-state index in [-0.39, 0.29) is 5.41 Å². The molecule has 3 saturated carbocycles. The summed E-state index contributed by atoms with van der Waals surface area (Å²) < 4.78 is 15.5. The van der Waals surface area contributed by atoms with Crippen LogP contribution in [0.2, 0.25) is 0 Å². The molecule has 0 amide bonds. The van der Waals surface area contributed by atoms with Crippen LogP contribution in [-0.2, 0) is 0 Å². The second kappa shape index (κ2) is 8.24. The monoisotopic (exact) mass is 417 g/mol. The fourth-order valence-corrected chi connectivity index (χ4v) is 8.67. The average molecular weight is 418 g/mol. The standard InChI is InChI=1S/C27H44FNO/c1-17(2)7-6-8-18(3)21-9-10-22-20-16-25(28)24-15-19(29-30)11-13-27(24,5)23(20)12-14-26(21,22)4/h15,17-18,20-23,25,30H,6-14,16H2,1-5H3/t18-,20+,21-,22+,23+,25?,26-,27-/m1/s1. The number of halogens is 1. The Bertz CT molecular complexity index is 699. The molecule has 0 radical (unpaired) electrons.